The number of nitrogens with one attached hydrogen (secondary N) is 1. The number of carbonyl (C=O) groups excluding carboxylic acids is 1. The highest BCUT2D eigenvalue weighted by Gasteiger charge is 2.51. The van der Waals surface area contributed by atoms with Gasteiger partial charge in [-0.3, -0.25) is 10.0 Å². The molecule has 2 saturated heterocycles. The molecule has 0 unspecified atom stereocenters. The van der Waals surface area contributed by atoms with Gasteiger partial charge in [0.25, 0.3) is 5.91 Å². The van der Waals surface area contributed by atoms with Gasteiger partial charge >= 0.3 is 0 Å². The molecule has 0 spiro atoms. The molecule has 2 aliphatic rings. The van der Waals surface area contributed by atoms with Crippen LogP contribution in [0.2, 0.25) is 0 Å². The Morgan fingerprint density at radius 1 is 1.07 bits per heavy atom. The Labute approximate surface area is 175 Å². The summed E-state index contributed by atoms with van der Waals surface area (Å²) >= 11 is 0. The molecule has 7 nitrogen and oxygen atoms in total. The molecule has 0 aromatic heterocycles. The topological polar surface area (TPSA) is 102 Å². The van der Waals surface area contributed by atoms with Crippen LogP contribution in [0.5, 0.6) is 5.75 Å². The molecule has 2 aliphatic heterocycles. The minimum atomic E-state index is -3.76. The zero-order chi connectivity index (χ0) is 21.2. The van der Waals surface area contributed by atoms with Gasteiger partial charge in [0.2, 0.25) is 0 Å². The molecule has 0 radical (unpaired) electrons. The molecule has 30 heavy (non-hydrogen) atoms. The maximum Gasteiger partial charge on any atom is 0.250 e. The molecule has 3 atom stereocenters. The predicted octanol–water partition coefficient (Wildman–Crippen LogP) is 2.87. The number of rotatable bonds is 7. The van der Waals surface area contributed by atoms with Gasteiger partial charge in [-0.25, -0.2) is 13.9 Å². The first-order chi connectivity index (χ1) is 14.4. The fourth-order valence-corrected chi connectivity index (χ4v) is 6.27. The van der Waals surface area contributed by atoms with Crippen molar-refractivity contribution in [2.24, 2.45) is 5.41 Å². The standard InChI is InChI=1S/C22H25NO6S/c24-21(23-25)22(12-18-6-7-19(13-22)29-18)15-30(26,27)20-10-8-17(9-11-20)28-14-16-4-2-1-3-5-16/h1-5,8-11,18-19,25H,6-7,12-15H2,(H,23,24)/t18-,19+,22+. The quantitative estimate of drug-likeness (QED) is 0.516. The summed E-state index contributed by atoms with van der Waals surface area (Å²) in [4.78, 5) is 12.6. The minimum absolute atomic E-state index is 0.124. The highest BCUT2D eigenvalue weighted by Crippen LogP contribution is 2.45. The Hall–Kier alpha value is -2.42. The maximum atomic E-state index is 13.1. The van der Waals surface area contributed by atoms with E-state index in [0.717, 1.165) is 18.4 Å². The summed E-state index contributed by atoms with van der Waals surface area (Å²) in [5.74, 6) is -0.466. The molecule has 160 valence electrons. The lowest BCUT2D eigenvalue weighted by Crippen LogP contribution is -2.50. The van der Waals surface area contributed by atoms with Crippen molar-refractivity contribution >= 4 is 15.7 Å². The number of ether oxygens (including phenoxy) is 2. The van der Waals surface area contributed by atoms with Gasteiger partial charge in [0.1, 0.15) is 12.4 Å². The molecule has 8 heteroatoms. The van der Waals surface area contributed by atoms with Crippen molar-refractivity contribution in [1.82, 2.24) is 5.48 Å². The first-order valence-electron chi connectivity index (χ1n) is 10.00. The smallest absolute Gasteiger partial charge is 0.250 e. The number of hydrogen-bond donors (Lipinski definition) is 2. The molecule has 0 saturated carbocycles. The molecule has 2 aromatic rings. The van der Waals surface area contributed by atoms with E-state index in [1.165, 1.54) is 12.1 Å². The average Bonchev–Trinajstić information content (AvgIpc) is 3.11. The van der Waals surface area contributed by atoms with Gasteiger partial charge in [-0.2, -0.15) is 0 Å². The molecule has 2 fully saturated rings. The van der Waals surface area contributed by atoms with Gasteiger partial charge in [0, 0.05) is 0 Å². The van der Waals surface area contributed by atoms with Crippen LogP contribution in [0.15, 0.2) is 59.5 Å². The van der Waals surface area contributed by atoms with Crippen molar-refractivity contribution in [3.05, 3.63) is 60.2 Å². The zero-order valence-electron chi connectivity index (χ0n) is 16.5. The average molecular weight is 432 g/mol. The summed E-state index contributed by atoms with van der Waals surface area (Å²) in [5.41, 5.74) is 1.50. The van der Waals surface area contributed by atoms with Gasteiger partial charge in [0.15, 0.2) is 9.84 Å². The summed E-state index contributed by atoms with van der Waals surface area (Å²) < 4.78 is 37.7. The summed E-state index contributed by atoms with van der Waals surface area (Å²) in [6.45, 7) is 0.384. The van der Waals surface area contributed by atoms with Crippen molar-refractivity contribution in [3.8, 4) is 5.75 Å². The van der Waals surface area contributed by atoms with E-state index in [-0.39, 0.29) is 35.7 Å². The Morgan fingerprint density at radius 2 is 1.70 bits per heavy atom. The van der Waals surface area contributed by atoms with Crippen LogP contribution in [0.25, 0.3) is 0 Å². The molecule has 1 amide bonds. The van der Waals surface area contributed by atoms with E-state index < -0.39 is 21.2 Å². The largest absolute Gasteiger partial charge is 0.489 e. The van der Waals surface area contributed by atoms with Crippen LogP contribution in [0.1, 0.15) is 31.2 Å². The van der Waals surface area contributed by atoms with Crippen molar-refractivity contribution < 1.29 is 27.9 Å². The molecule has 2 N–H and O–H groups in total. The first-order valence-corrected chi connectivity index (χ1v) is 11.6. The molecule has 2 heterocycles. The number of amides is 1. The summed E-state index contributed by atoms with van der Waals surface area (Å²) in [6, 6.07) is 15.9. The van der Waals surface area contributed by atoms with E-state index in [4.69, 9.17) is 9.47 Å². The molecule has 2 bridgehead atoms. The highest BCUT2D eigenvalue weighted by atomic mass is 32.2. The van der Waals surface area contributed by atoms with E-state index in [1.807, 2.05) is 30.3 Å². The van der Waals surface area contributed by atoms with E-state index in [1.54, 1.807) is 17.6 Å². The van der Waals surface area contributed by atoms with Gasteiger partial charge in [-0.05, 0) is 55.5 Å². The molecular weight excluding hydrogens is 406 g/mol. The van der Waals surface area contributed by atoms with Gasteiger partial charge in [0.05, 0.1) is 28.3 Å². The highest BCUT2D eigenvalue weighted by molar-refractivity contribution is 7.91. The zero-order valence-corrected chi connectivity index (χ0v) is 17.3. The first kappa shape index (κ1) is 20.8. The van der Waals surface area contributed by atoms with E-state index >= 15 is 0 Å². The normalized spacial score (nSPS) is 25.6. The summed E-state index contributed by atoms with van der Waals surface area (Å²) in [6.07, 6.45) is 1.88. The second-order valence-electron chi connectivity index (χ2n) is 8.09. The van der Waals surface area contributed by atoms with Crippen LogP contribution in [-0.2, 0) is 26.0 Å². The van der Waals surface area contributed by atoms with E-state index in [0.29, 0.717) is 12.4 Å². The SMILES string of the molecule is O=C(NO)[C@@]1(CS(=O)(=O)c2ccc(OCc3ccccc3)cc2)C[C@H]2CC[C@@H](C1)O2. The van der Waals surface area contributed by atoms with Crippen molar-refractivity contribution in [3.63, 3.8) is 0 Å². The van der Waals surface area contributed by atoms with Crippen LogP contribution in [0.4, 0.5) is 0 Å². The van der Waals surface area contributed by atoms with Crippen LogP contribution >= 0.6 is 0 Å². The molecule has 4 rings (SSSR count). The minimum Gasteiger partial charge on any atom is -0.489 e. The Morgan fingerprint density at radius 3 is 2.30 bits per heavy atom. The second kappa shape index (κ2) is 8.37. The van der Waals surface area contributed by atoms with Crippen molar-refractivity contribution in [2.75, 3.05) is 5.75 Å². The third kappa shape index (κ3) is 4.35. The fraction of sp³-hybridized carbons (Fsp3) is 0.409. The number of benzene rings is 2. The van der Waals surface area contributed by atoms with Gasteiger partial charge in [-0.15, -0.1) is 0 Å². The van der Waals surface area contributed by atoms with Crippen molar-refractivity contribution in [2.45, 2.75) is 49.4 Å². The second-order valence-corrected chi connectivity index (χ2v) is 10.1. The molecular formula is C22H25NO6S. The lowest BCUT2D eigenvalue weighted by atomic mass is 9.78. The van der Waals surface area contributed by atoms with E-state index in [2.05, 4.69) is 0 Å². The third-order valence-electron chi connectivity index (χ3n) is 5.91. The number of hydrogen-bond acceptors (Lipinski definition) is 6. The van der Waals surface area contributed by atoms with Crippen molar-refractivity contribution in [1.29, 1.82) is 0 Å². The molecule has 0 aliphatic carbocycles. The lowest BCUT2D eigenvalue weighted by molar-refractivity contribution is -0.148. The fourth-order valence-electron chi connectivity index (χ4n) is 4.45. The summed E-state index contributed by atoms with van der Waals surface area (Å²) in [7, 11) is -3.76. The number of fused-ring (bicyclic) bond motifs is 2. The number of carbonyl (C=O) groups is 1. The van der Waals surface area contributed by atoms with Crippen LogP contribution in [-0.4, -0.2) is 37.5 Å². The monoisotopic (exact) mass is 431 g/mol. The van der Waals surface area contributed by atoms with Gasteiger partial charge < -0.3 is 9.47 Å². The van der Waals surface area contributed by atoms with Crippen LogP contribution in [0.3, 0.4) is 0 Å². The Balaban J connectivity index is 1.49. The summed E-state index contributed by atoms with van der Waals surface area (Å²) in [5, 5.41) is 9.25. The van der Waals surface area contributed by atoms with E-state index in [9.17, 15) is 18.4 Å². The number of sulfone groups is 1. The molecule has 2 aromatic carbocycles. The Bertz CT molecular complexity index is 978. The maximum absolute atomic E-state index is 13.1. The number of hydroxylamine groups is 1. The lowest BCUT2D eigenvalue weighted by Gasteiger charge is -2.38. The predicted molar refractivity (Wildman–Crippen MR) is 109 cm³/mol. The van der Waals surface area contributed by atoms with Crippen LogP contribution < -0.4 is 10.2 Å². The van der Waals surface area contributed by atoms with Crippen LogP contribution in [0, 0.1) is 5.41 Å². The van der Waals surface area contributed by atoms with Gasteiger partial charge in [-0.1, -0.05) is 30.3 Å². The Kier molecular flexibility index (Phi) is 5.81. The third-order valence-corrected chi connectivity index (χ3v) is 7.84.